The Morgan fingerprint density at radius 2 is 1.60 bits per heavy atom. The van der Waals surface area contributed by atoms with Crippen molar-refractivity contribution in [1.82, 2.24) is 19.9 Å². The lowest BCUT2D eigenvalue weighted by Gasteiger charge is -2.20. The van der Waals surface area contributed by atoms with Crippen molar-refractivity contribution in [2.45, 2.75) is 25.6 Å². The van der Waals surface area contributed by atoms with Crippen molar-refractivity contribution >= 4 is 58.2 Å². The Morgan fingerprint density at radius 3 is 2.33 bits per heavy atom. The van der Waals surface area contributed by atoms with Crippen molar-refractivity contribution in [2.75, 3.05) is 10.6 Å². The third-order valence-corrected chi connectivity index (χ3v) is 7.49. The van der Waals surface area contributed by atoms with Crippen molar-refractivity contribution in [3.8, 4) is 5.82 Å². The molecule has 0 fully saturated rings. The summed E-state index contributed by atoms with van der Waals surface area (Å²) in [6.45, 7) is 7.89. The number of hydrogen-bond acceptors (Lipinski definition) is 5. The van der Waals surface area contributed by atoms with Gasteiger partial charge in [-0.05, 0) is 53.1 Å². The average Bonchev–Trinajstić information content (AvgIpc) is 3.56. The van der Waals surface area contributed by atoms with E-state index in [4.69, 9.17) is 41.4 Å². The minimum absolute atomic E-state index is 0.241. The van der Waals surface area contributed by atoms with Crippen LogP contribution in [0.2, 0.25) is 15.1 Å². The fourth-order valence-corrected chi connectivity index (χ4v) is 4.86. The van der Waals surface area contributed by atoms with Gasteiger partial charge in [0.05, 0.1) is 16.6 Å². The van der Waals surface area contributed by atoms with Crippen molar-refractivity contribution in [1.29, 1.82) is 0 Å². The number of amides is 1. The summed E-state index contributed by atoms with van der Waals surface area (Å²) in [4.78, 5) is 26.4. The summed E-state index contributed by atoms with van der Waals surface area (Å²) in [5, 5.41) is 11.1. The van der Waals surface area contributed by atoms with Gasteiger partial charge < -0.3 is 20.5 Å². The molecule has 1 amide bonds. The van der Waals surface area contributed by atoms with E-state index in [0.717, 1.165) is 16.7 Å². The molecule has 0 saturated carbocycles. The zero-order chi connectivity index (χ0) is 30.2. The van der Waals surface area contributed by atoms with E-state index in [1.165, 1.54) is 0 Å². The molecule has 0 unspecified atom stereocenters. The Balaban J connectivity index is 1.41. The molecular weight excluding hydrogens is 605 g/mol. The lowest BCUT2D eigenvalue weighted by Crippen LogP contribution is -2.41. The molecule has 216 valence electrons. The van der Waals surface area contributed by atoms with E-state index in [1.807, 2.05) is 71.6 Å². The van der Waals surface area contributed by atoms with E-state index in [1.54, 1.807) is 30.3 Å². The number of benzene rings is 3. The molecular formula is C32H26Cl3N7O. The van der Waals surface area contributed by atoms with Gasteiger partial charge >= 0.3 is 0 Å². The molecule has 0 bridgehead atoms. The summed E-state index contributed by atoms with van der Waals surface area (Å²) in [5.41, 5.74) is 3.20. The van der Waals surface area contributed by atoms with Gasteiger partial charge in [-0.3, -0.25) is 4.79 Å². The van der Waals surface area contributed by atoms with Crippen molar-refractivity contribution in [2.24, 2.45) is 0 Å². The highest BCUT2D eigenvalue weighted by Gasteiger charge is 2.21. The van der Waals surface area contributed by atoms with Gasteiger partial charge in [0, 0.05) is 43.0 Å². The maximum absolute atomic E-state index is 13.6. The fourth-order valence-electron chi connectivity index (χ4n) is 4.33. The number of anilines is 2. The topological polar surface area (TPSA) is 88.2 Å². The Morgan fingerprint density at radius 1 is 0.837 bits per heavy atom. The van der Waals surface area contributed by atoms with Crippen LogP contribution in [0.1, 0.15) is 16.7 Å². The number of carbonyl (C=O) groups is 1. The third-order valence-electron chi connectivity index (χ3n) is 6.52. The van der Waals surface area contributed by atoms with Crippen LogP contribution in [-0.2, 0) is 24.3 Å². The Hall–Kier alpha value is -4.55. The summed E-state index contributed by atoms with van der Waals surface area (Å²) >= 11 is 18.6. The highest BCUT2D eigenvalue weighted by Crippen LogP contribution is 2.24. The van der Waals surface area contributed by atoms with Gasteiger partial charge in [0.15, 0.2) is 5.69 Å². The number of nitrogens with zero attached hydrogens (tertiary/aromatic N) is 4. The summed E-state index contributed by atoms with van der Waals surface area (Å²) in [6, 6.07) is 24.8. The molecule has 1 atom stereocenters. The Kier molecular flexibility index (Phi) is 9.80. The van der Waals surface area contributed by atoms with E-state index in [2.05, 4.69) is 30.8 Å². The van der Waals surface area contributed by atoms with Crippen molar-refractivity contribution < 1.29 is 4.79 Å². The molecule has 2 aromatic heterocycles. The maximum atomic E-state index is 13.6. The maximum Gasteiger partial charge on any atom is 0.243 e. The van der Waals surface area contributed by atoms with E-state index in [-0.39, 0.29) is 5.91 Å². The van der Waals surface area contributed by atoms with Gasteiger partial charge in [-0.2, -0.15) is 9.97 Å². The Labute approximate surface area is 264 Å². The fraction of sp³-hybridized carbons (Fsp3) is 0.125. The summed E-state index contributed by atoms with van der Waals surface area (Å²) in [5.74, 6) is 1.20. The molecule has 11 heteroatoms. The predicted octanol–water partition coefficient (Wildman–Crippen LogP) is 7.73. The van der Waals surface area contributed by atoms with Crippen LogP contribution >= 0.6 is 34.8 Å². The number of halogens is 3. The number of hydrogen-bond donors (Lipinski definition) is 3. The highest BCUT2D eigenvalue weighted by molar-refractivity contribution is 6.42. The number of aromatic nitrogens is 3. The van der Waals surface area contributed by atoms with Crippen LogP contribution in [0.15, 0.2) is 97.3 Å². The largest absolute Gasteiger partial charge is 0.358 e. The van der Waals surface area contributed by atoms with Gasteiger partial charge in [-0.25, -0.2) is 4.85 Å². The summed E-state index contributed by atoms with van der Waals surface area (Å²) in [6.07, 6.45) is 4.08. The first-order valence-electron chi connectivity index (χ1n) is 13.3. The average molecular weight is 631 g/mol. The molecule has 3 N–H and O–H groups in total. The second-order valence-electron chi connectivity index (χ2n) is 9.65. The van der Waals surface area contributed by atoms with Gasteiger partial charge in [-0.1, -0.05) is 77.3 Å². The lowest BCUT2D eigenvalue weighted by molar-refractivity contribution is -0.122. The molecule has 0 aliphatic heterocycles. The van der Waals surface area contributed by atoms with Crippen LogP contribution in [0.5, 0.6) is 0 Å². The first kappa shape index (κ1) is 29.9. The molecule has 43 heavy (non-hydrogen) atoms. The van der Waals surface area contributed by atoms with E-state index in [9.17, 15) is 4.79 Å². The SMILES string of the molecule is [C-]#[N+]c1ccc(CNC(=O)[C@H](Cc2ccc(Cl)c(Cl)c2)Nc2cc(-n3cccc3)nc(NCc3cccc(Cl)c3)n2)cc1. The third kappa shape index (κ3) is 8.27. The van der Waals surface area contributed by atoms with E-state index >= 15 is 0 Å². The number of rotatable bonds is 11. The van der Waals surface area contributed by atoms with E-state index in [0.29, 0.717) is 57.8 Å². The molecule has 0 aliphatic carbocycles. The molecule has 0 saturated heterocycles. The smallest absolute Gasteiger partial charge is 0.243 e. The van der Waals surface area contributed by atoms with Gasteiger partial charge in [0.1, 0.15) is 17.7 Å². The monoisotopic (exact) mass is 629 g/mol. The summed E-state index contributed by atoms with van der Waals surface area (Å²) in [7, 11) is 0. The lowest BCUT2D eigenvalue weighted by atomic mass is 10.0. The minimum Gasteiger partial charge on any atom is -0.358 e. The molecule has 5 rings (SSSR count). The molecule has 0 spiro atoms. The van der Waals surface area contributed by atoms with E-state index < -0.39 is 6.04 Å². The summed E-state index contributed by atoms with van der Waals surface area (Å²) < 4.78 is 1.86. The molecule has 5 aromatic rings. The minimum atomic E-state index is -0.715. The van der Waals surface area contributed by atoms with Gasteiger partial charge in [0.25, 0.3) is 0 Å². The zero-order valence-electron chi connectivity index (χ0n) is 22.8. The molecule has 2 heterocycles. The number of nitrogens with one attached hydrogen (secondary N) is 3. The quantitative estimate of drug-likeness (QED) is 0.130. The predicted molar refractivity (Wildman–Crippen MR) is 172 cm³/mol. The second-order valence-corrected chi connectivity index (χ2v) is 10.9. The second kappa shape index (κ2) is 14.1. The Bertz CT molecular complexity index is 1750. The van der Waals surface area contributed by atoms with Crippen LogP contribution in [-0.4, -0.2) is 26.5 Å². The van der Waals surface area contributed by atoms with Crippen LogP contribution in [0.4, 0.5) is 17.5 Å². The molecule has 0 radical (unpaired) electrons. The highest BCUT2D eigenvalue weighted by atomic mass is 35.5. The zero-order valence-corrected chi connectivity index (χ0v) is 25.0. The van der Waals surface area contributed by atoms with Gasteiger partial charge in [-0.15, -0.1) is 0 Å². The normalized spacial score (nSPS) is 11.4. The van der Waals surface area contributed by atoms with Crippen LogP contribution < -0.4 is 16.0 Å². The van der Waals surface area contributed by atoms with Crippen molar-refractivity contribution in [3.05, 3.63) is 140 Å². The standard InChI is InChI=1S/C32H26Cl3N7O/c1-36-25-10-7-21(8-11-25)19-37-31(43)28(17-22-9-12-26(34)27(35)16-22)39-29-18-30(42-13-2-3-14-42)41-32(40-29)38-20-23-5-4-6-24(33)15-23/h2-16,18,28H,17,19-20H2,(H,37,43)(H2,38,39,40,41)/t28-/m0/s1. The van der Waals surface area contributed by atoms with Crippen molar-refractivity contribution in [3.63, 3.8) is 0 Å². The first-order valence-corrected chi connectivity index (χ1v) is 14.4. The van der Waals surface area contributed by atoms with Gasteiger partial charge in [0.2, 0.25) is 11.9 Å². The molecule has 0 aliphatic rings. The first-order chi connectivity index (χ1) is 20.9. The van der Waals surface area contributed by atoms with Crippen LogP contribution in [0, 0.1) is 6.57 Å². The number of carbonyl (C=O) groups excluding carboxylic acids is 1. The molecule has 8 nitrogen and oxygen atoms in total. The van der Waals surface area contributed by atoms with Crippen LogP contribution in [0.3, 0.4) is 0 Å². The van der Waals surface area contributed by atoms with Crippen LogP contribution in [0.25, 0.3) is 10.7 Å². The molecule has 3 aromatic carbocycles.